The summed E-state index contributed by atoms with van der Waals surface area (Å²) in [6.45, 7) is 1.74. The maximum atomic E-state index is 12.2. The van der Waals surface area contributed by atoms with E-state index in [1.807, 2.05) is 54.6 Å². The van der Waals surface area contributed by atoms with Gasteiger partial charge in [0, 0.05) is 16.5 Å². The molecular weight excluding hydrogens is 326 g/mol. The molecule has 2 heterocycles. The monoisotopic (exact) mass is 343 g/mol. The van der Waals surface area contributed by atoms with Crippen LogP contribution in [0.2, 0.25) is 0 Å². The van der Waals surface area contributed by atoms with Gasteiger partial charge in [-0.2, -0.15) is 5.10 Å². The summed E-state index contributed by atoms with van der Waals surface area (Å²) >= 11 is 0. The van der Waals surface area contributed by atoms with Crippen molar-refractivity contribution in [1.82, 2.24) is 10.4 Å². The number of aromatic amines is 1. The third-order valence-electron chi connectivity index (χ3n) is 4.27. The molecule has 2 aromatic heterocycles. The van der Waals surface area contributed by atoms with Gasteiger partial charge >= 0.3 is 0 Å². The van der Waals surface area contributed by atoms with Gasteiger partial charge in [-0.1, -0.05) is 48.5 Å². The van der Waals surface area contributed by atoms with Crippen molar-refractivity contribution in [2.24, 2.45) is 5.10 Å². The van der Waals surface area contributed by atoms with Crippen LogP contribution in [0.5, 0.6) is 0 Å². The lowest BCUT2D eigenvalue weighted by Crippen LogP contribution is -2.17. The highest BCUT2D eigenvalue weighted by atomic mass is 16.3. The van der Waals surface area contributed by atoms with E-state index in [-0.39, 0.29) is 5.91 Å². The predicted molar refractivity (Wildman–Crippen MR) is 102 cm³/mol. The van der Waals surface area contributed by atoms with Crippen LogP contribution in [0.4, 0.5) is 0 Å². The Morgan fingerprint density at radius 1 is 1.08 bits per heavy atom. The number of nitrogens with one attached hydrogen (secondary N) is 2. The average molecular weight is 343 g/mol. The van der Waals surface area contributed by atoms with Crippen LogP contribution in [0.3, 0.4) is 0 Å². The summed E-state index contributed by atoms with van der Waals surface area (Å²) in [5.41, 5.74) is 7.01. The van der Waals surface area contributed by atoms with Crippen LogP contribution < -0.4 is 5.43 Å². The van der Waals surface area contributed by atoms with Gasteiger partial charge in [0.1, 0.15) is 5.76 Å². The van der Waals surface area contributed by atoms with Crippen molar-refractivity contribution in [2.45, 2.75) is 6.92 Å². The molecule has 0 saturated carbocycles. The zero-order chi connectivity index (χ0) is 17.9. The van der Waals surface area contributed by atoms with E-state index in [4.69, 9.17) is 4.42 Å². The summed E-state index contributed by atoms with van der Waals surface area (Å²) < 4.78 is 5.15. The number of carbonyl (C=O) groups excluding carboxylic acids is 1. The molecule has 2 aromatic carbocycles. The normalized spacial score (nSPS) is 11.3. The minimum atomic E-state index is -0.298. The maximum Gasteiger partial charge on any atom is 0.274 e. The zero-order valence-corrected chi connectivity index (χ0v) is 14.2. The second-order valence-corrected chi connectivity index (χ2v) is 5.91. The molecule has 0 spiro atoms. The highest BCUT2D eigenvalue weighted by molar-refractivity contribution is 6.06. The van der Waals surface area contributed by atoms with Crippen LogP contribution in [-0.2, 0) is 0 Å². The molecule has 0 aliphatic heterocycles. The number of H-pyrrole nitrogens is 1. The number of para-hydroxylation sites is 1. The molecule has 4 rings (SSSR count). The first kappa shape index (κ1) is 15.9. The van der Waals surface area contributed by atoms with Crippen molar-refractivity contribution >= 4 is 23.0 Å². The molecule has 0 bridgehead atoms. The van der Waals surface area contributed by atoms with Crippen molar-refractivity contribution in [2.75, 3.05) is 0 Å². The van der Waals surface area contributed by atoms with Crippen molar-refractivity contribution < 1.29 is 9.21 Å². The van der Waals surface area contributed by atoms with E-state index in [1.54, 1.807) is 19.2 Å². The van der Waals surface area contributed by atoms with E-state index < -0.39 is 0 Å². The molecule has 0 radical (unpaired) electrons. The van der Waals surface area contributed by atoms with E-state index in [0.29, 0.717) is 11.3 Å². The SMILES string of the molecule is Cc1occc1C(=O)N/N=C/c1c(-c2ccccc2)[nH]c2ccccc12. The number of hydrogen-bond donors (Lipinski definition) is 2. The topological polar surface area (TPSA) is 70.4 Å². The number of benzene rings is 2. The number of aryl methyl sites for hydroxylation is 1. The Morgan fingerprint density at radius 2 is 1.85 bits per heavy atom. The number of rotatable bonds is 4. The van der Waals surface area contributed by atoms with E-state index in [2.05, 4.69) is 15.5 Å². The first-order valence-corrected chi connectivity index (χ1v) is 8.27. The first-order chi connectivity index (χ1) is 12.7. The van der Waals surface area contributed by atoms with Gasteiger partial charge in [0.25, 0.3) is 5.91 Å². The molecule has 0 aliphatic carbocycles. The standard InChI is InChI=1S/C21H17N3O2/c1-14-16(11-12-26-14)21(25)24-22-13-18-17-9-5-6-10-19(17)23-20(18)15-7-3-2-4-8-15/h2-13,23H,1H3,(H,24,25)/b22-13+. The fourth-order valence-electron chi connectivity index (χ4n) is 2.97. The number of fused-ring (bicyclic) bond motifs is 1. The Hall–Kier alpha value is -3.60. The molecule has 1 amide bonds. The third kappa shape index (κ3) is 2.91. The molecule has 0 unspecified atom stereocenters. The Balaban J connectivity index is 1.69. The summed E-state index contributed by atoms with van der Waals surface area (Å²) in [5, 5.41) is 5.21. The van der Waals surface area contributed by atoms with Gasteiger partial charge in [-0.05, 0) is 24.6 Å². The van der Waals surface area contributed by atoms with Gasteiger partial charge in [0.2, 0.25) is 0 Å². The highest BCUT2D eigenvalue weighted by Gasteiger charge is 2.12. The fraction of sp³-hybridized carbons (Fsp3) is 0.0476. The zero-order valence-electron chi connectivity index (χ0n) is 14.2. The van der Waals surface area contributed by atoms with Crippen LogP contribution in [0, 0.1) is 6.92 Å². The number of amides is 1. The van der Waals surface area contributed by atoms with Crippen molar-refractivity contribution in [1.29, 1.82) is 0 Å². The molecule has 0 saturated heterocycles. The van der Waals surface area contributed by atoms with Crippen molar-refractivity contribution in [3.05, 3.63) is 83.8 Å². The number of hydrogen-bond acceptors (Lipinski definition) is 3. The van der Waals surface area contributed by atoms with Crippen LogP contribution in [0.15, 0.2) is 76.4 Å². The molecule has 0 fully saturated rings. The summed E-state index contributed by atoms with van der Waals surface area (Å²) in [6, 6.07) is 19.7. The second kappa shape index (κ2) is 6.72. The quantitative estimate of drug-likeness (QED) is 0.423. The fourth-order valence-corrected chi connectivity index (χ4v) is 2.97. The average Bonchev–Trinajstić information content (AvgIpc) is 3.26. The Labute approximate surface area is 150 Å². The van der Waals surface area contributed by atoms with Gasteiger partial charge in [-0.15, -0.1) is 0 Å². The van der Waals surface area contributed by atoms with Crippen molar-refractivity contribution in [3.8, 4) is 11.3 Å². The third-order valence-corrected chi connectivity index (χ3v) is 4.27. The van der Waals surface area contributed by atoms with Crippen LogP contribution in [0.1, 0.15) is 21.7 Å². The number of nitrogens with zero attached hydrogens (tertiary/aromatic N) is 1. The van der Waals surface area contributed by atoms with E-state index in [1.165, 1.54) is 6.26 Å². The van der Waals surface area contributed by atoms with Gasteiger partial charge in [0.15, 0.2) is 0 Å². The molecule has 5 heteroatoms. The molecule has 2 N–H and O–H groups in total. The smallest absolute Gasteiger partial charge is 0.274 e. The van der Waals surface area contributed by atoms with Crippen LogP contribution in [0.25, 0.3) is 22.2 Å². The Morgan fingerprint density at radius 3 is 2.62 bits per heavy atom. The van der Waals surface area contributed by atoms with E-state index in [0.717, 1.165) is 27.7 Å². The number of furan rings is 1. The number of carbonyl (C=O) groups is 1. The van der Waals surface area contributed by atoms with Crippen LogP contribution >= 0.6 is 0 Å². The van der Waals surface area contributed by atoms with Crippen molar-refractivity contribution in [3.63, 3.8) is 0 Å². The molecular formula is C21H17N3O2. The lowest BCUT2D eigenvalue weighted by atomic mass is 10.1. The maximum absolute atomic E-state index is 12.2. The summed E-state index contributed by atoms with van der Waals surface area (Å²) in [6.07, 6.45) is 3.16. The lowest BCUT2D eigenvalue weighted by molar-refractivity contribution is 0.0953. The molecule has 4 aromatic rings. The molecule has 128 valence electrons. The van der Waals surface area contributed by atoms with Gasteiger partial charge in [-0.3, -0.25) is 4.79 Å². The van der Waals surface area contributed by atoms with E-state index >= 15 is 0 Å². The summed E-state index contributed by atoms with van der Waals surface area (Å²) in [5.74, 6) is 0.267. The first-order valence-electron chi connectivity index (χ1n) is 8.27. The Kier molecular flexibility index (Phi) is 4.11. The van der Waals surface area contributed by atoms with Gasteiger partial charge in [0.05, 0.1) is 23.7 Å². The molecule has 5 nitrogen and oxygen atoms in total. The van der Waals surface area contributed by atoms with Gasteiger partial charge < -0.3 is 9.40 Å². The second-order valence-electron chi connectivity index (χ2n) is 5.91. The lowest BCUT2D eigenvalue weighted by Gasteiger charge is -2.01. The predicted octanol–water partition coefficient (Wildman–Crippen LogP) is 4.50. The minimum absolute atomic E-state index is 0.298. The van der Waals surface area contributed by atoms with E-state index in [9.17, 15) is 4.79 Å². The number of aromatic nitrogens is 1. The molecule has 26 heavy (non-hydrogen) atoms. The highest BCUT2D eigenvalue weighted by Crippen LogP contribution is 2.28. The Bertz CT molecular complexity index is 1090. The largest absolute Gasteiger partial charge is 0.469 e. The number of hydrazone groups is 1. The summed E-state index contributed by atoms with van der Waals surface area (Å²) in [4.78, 5) is 15.6. The minimum Gasteiger partial charge on any atom is -0.469 e. The molecule has 0 aliphatic rings. The summed E-state index contributed by atoms with van der Waals surface area (Å²) in [7, 11) is 0. The van der Waals surface area contributed by atoms with Crippen LogP contribution in [-0.4, -0.2) is 17.1 Å². The van der Waals surface area contributed by atoms with Gasteiger partial charge in [-0.25, -0.2) is 5.43 Å². The molecule has 0 atom stereocenters.